The van der Waals surface area contributed by atoms with Crippen LogP contribution in [0.15, 0.2) is 136 Å². The van der Waals surface area contributed by atoms with Gasteiger partial charge < -0.3 is 5.73 Å². The molecule has 2 atom stereocenters. The van der Waals surface area contributed by atoms with E-state index in [4.69, 9.17) is 15.7 Å². The van der Waals surface area contributed by atoms with Gasteiger partial charge in [-0.05, 0) is 73.3 Å². The van der Waals surface area contributed by atoms with Crippen LogP contribution in [-0.2, 0) is 0 Å². The minimum atomic E-state index is -0.0513. The number of nitrogens with zero attached hydrogens (tertiary/aromatic N) is 2. The standard InChI is InChI=1S/C34H35N3/c35-34(29-16-8-3-9-17-29)37-32(28-14-6-2-7-15-28)25-22-26-20-23-30(24-21-26)36-33-19-11-10-18-31(33)27-12-4-1-5-13-27/h1,3-6,8,10-15,17-20,22-23,25-26,32H,2,7,9,16,21,24H2,(H2,35,37)/b25-22+,36-30?. The summed E-state index contributed by atoms with van der Waals surface area (Å²) >= 11 is 0. The number of allylic oxidation sites excluding steroid dienone is 8. The van der Waals surface area contributed by atoms with Crippen molar-refractivity contribution in [2.75, 3.05) is 0 Å². The molecule has 0 fully saturated rings. The third kappa shape index (κ3) is 6.62. The van der Waals surface area contributed by atoms with Crippen molar-refractivity contribution < 1.29 is 0 Å². The van der Waals surface area contributed by atoms with Gasteiger partial charge in [0.05, 0.1) is 11.7 Å². The Hall–Kier alpha value is -3.98. The van der Waals surface area contributed by atoms with E-state index in [-0.39, 0.29) is 6.04 Å². The second kappa shape index (κ2) is 12.3. The Kier molecular flexibility index (Phi) is 8.22. The Morgan fingerprint density at radius 1 is 0.919 bits per heavy atom. The normalized spacial score (nSPS) is 21.8. The Labute approximate surface area is 220 Å². The highest BCUT2D eigenvalue weighted by Crippen LogP contribution is 2.31. The van der Waals surface area contributed by atoms with Crippen molar-refractivity contribution in [1.29, 1.82) is 0 Å². The van der Waals surface area contributed by atoms with Crippen LogP contribution in [0.5, 0.6) is 0 Å². The SMILES string of the molecule is NC(=NC(/C=C/C1C=CC(=Nc2ccccc2-c2ccccc2)CC1)C1=CCCC=C1)C1=CCC=CC1. The molecule has 0 bridgehead atoms. The van der Waals surface area contributed by atoms with Gasteiger partial charge >= 0.3 is 0 Å². The highest BCUT2D eigenvalue weighted by atomic mass is 14.9. The molecule has 0 radical (unpaired) electrons. The number of amidine groups is 1. The van der Waals surface area contributed by atoms with Gasteiger partial charge in [0.1, 0.15) is 5.84 Å². The number of nitrogens with two attached hydrogens (primary N) is 1. The first kappa shape index (κ1) is 24.7. The van der Waals surface area contributed by atoms with Crippen LogP contribution in [-0.4, -0.2) is 17.6 Å². The van der Waals surface area contributed by atoms with Crippen LogP contribution < -0.4 is 5.73 Å². The molecule has 3 aliphatic carbocycles. The molecular formula is C34H35N3. The summed E-state index contributed by atoms with van der Waals surface area (Å²) < 4.78 is 0. The molecule has 2 N–H and O–H groups in total. The number of rotatable bonds is 7. The summed E-state index contributed by atoms with van der Waals surface area (Å²) in [5.74, 6) is 1.02. The van der Waals surface area contributed by atoms with E-state index in [0.29, 0.717) is 11.8 Å². The van der Waals surface area contributed by atoms with Crippen LogP contribution >= 0.6 is 0 Å². The van der Waals surface area contributed by atoms with Gasteiger partial charge in [0, 0.05) is 11.3 Å². The summed E-state index contributed by atoms with van der Waals surface area (Å²) in [7, 11) is 0. The molecule has 0 amide bonds. The maximum absolute atomic E-state index is 6.44. The van der Waals surface area contributed by atoms with E-state index in [1.807, 2.05) is 6.07 Å². The molecule has 186 valence electrons. The minimum Gasteiger partial charge on any atom is -0.384 e. The molecule has 2 aromatic carbocycles. The number of para-hydroxylation sites is 1. The molecule has 0 saturated carbocycles. The van der Waals surface area contributed by atoms with Crippen molar-refractivity contribution in [3.8, 4) is 11.1 Å². The van der Waals surface area contributed by atoms with Crippen LogP contribution in [0.1, 0.15) is 38.5 Å². The largest absolute Gasteiger partial charge is 0.384 e. The molecule has 3 aliphatic rings. The Balaban J connectivity index is 1.32. The molecule has 2 aromatic rings. The fourth-order valence-corrected chi connectivity index (χ4v) is 4.94. The van der Waals surface area contributed by atoms with Gasteiger partial charge in [-0.25, -0.2) is 0 Å². The lowest BCUT2D eigenvalue weighted by atomic mass is 9.92. The predicted molar refractivity (Wildman–Crippen MR) is 158 cm³/mol. The van der Waals surface area contributed by atoms with E-state index in [2.05, 4.69) is 109 Å². The Morgan fingerprint density at radius 2 is 1.78 bits per heavy atom. The first-order valence-electron chi connectivity index (χ1n) is 13.4. The predicted octanol–water partition coefficient (Wildman–Crippen LogP) is 8.23. The smallest absolute Gasteiger partial charge is 0.122 e. The van der Waals surface area contributed by atoms with Gasteiger partial charge in [-0.3, -0.25) is 9.98 Å². The lowest BCUT2D eigenvalue weighted by Crippen LogP contribution is -2.20. The fourth-order valence-electron chi connectivity index (χ4n) is 4.94. The monoisotopic (exact) mass is 485 g/mol. The molecule has 3 heteroatoms. The molecule has 37 heavy (non-hydrogen) atoms. The lowest BCUT2D eigenvalue weighted by molar-refractivity contribution is 0.720. The summed E-state index contributed by atoms with van der Waals surface area (Å²) in [4.78, 5) is 9.98. The first-order valence-corrected chi connectivity index (χ1v) is 13.4. The topological polar surface area (TPSA) is 50.7 Å². The first-order chi connectivity index (χ1) is 18.3. The van der Waals surface area contributed by atoms with Crippen molar-refractivity contribution in [2.24, 2.45) is 21.6 Å². The van der Waals surface area contributed by atoms with Crippen molar-refractivity contribution in [1.82, 2.24) is 0 Å². The van der Waals surface area contributed by atoms with Gasteiger partial charge in [0.15, 0.2) is 0 Å². The average molecular weight is 486 g/mol. The molecular weight excluding hydrogens is 450 g/mol. The Morgan fingerprint density at radius 3 is 2.54 bits per heavy atom. The van der Waals surface area contributed by atoms with Crippen molar-refractivity contribution in [3.63, 3.8) is 0 Å². The average Bonchev–Trinajstić information content (AvgIpc) is 2.97. The summed E-state index contributed by atoms with van der Waals surface area (Å²) in [6, 6.07) is 18.8. The van der Waals surface area contributed by atoms with Gasteiger partial charge in [-0.2, -0.15) is 0 Å². The summed E-state index contributed by atoms with van der Waals surface area (Å²) in [6.07, 6.45) is 28.2. The van der Waals surface area contributed by atoms with Crippen molar-refractivity contribution >= 4 is 17.2 Å². The molecule has 5 rings (SSSR count). The van der Waals surface area contributed by atoms with Gasteiger partial charge in [-0.1, -0.05) is 103 Å². The maximum Gasteiger partial charge on any atom is 0.122 e. The van der Waals surface area contributed by atoms with Crippen molar-refractivity contribution in [3.05, 3.63) is 127 Å². The lowest BCUT2D eigenvalue weighted by Gasteiger charge is -2.18. The quantitative estimate of drug-likeness (QED) is 0.240. The number of hydrogen-bond donors (Lipinski definition) is 1. The third-order valence-corrected chi connectivity index (χ3v) is 7.04. The summed E-state index contributed by atoms with van der Waals surface area (Å²) in [5, 5.41) is 0. The van der Waals surface area contributed by atoms with E-state index in [1.54, 1.807) is 0 Å². The molecule has 0 heterocycles. The fraction of sp³-hybridized carbons (Fsp3) is 0.235. The van der Waals surface area contributed by atoms with Gasteiger partial charge in [0.2, 0.25) is 0 Å². The molecule has 0 spiro atoms. The second-order valence-electron chi connectivity index (χ2n) is 9.72. The zero-order chi connectivity index (χ0) is 25.3. The molecule has 0 saturated heterocycles. The van der Waals surface area contributed by atoms with Crippen LogP contribution in [0.25, 0.3) is 11.1 Å². The summed E-state index contributed by atoms with van der Waals surface area (Å²) in [6.45, 7) is 0. The maximum atomic E-state index is 6.44. The van der Waals surface area contributed by atoms with Crippen molar-refractivity contribution in [2.45, 2.75) is 44.6 Å². The third-order valence-electron chi connectivity index (χ3n) is 7.04. The molecule has 0 aliphatic heterocycles. The van der Waals surface area contributed by atoms with Crippen LogP contribution in [0.4, 0.5) is 5.69 Å². The zero-order valence-electron chi connectivity index (χ0n) is 21.3. The number of aliphatic imine (C=N–C) groups is 2. The summed E-state index contributed by atoms with van der Waals surface area (Å²) in [5.41, 5.74) is 13.3. The van der Waals surface area contributed by atoms with Crippen LogP contribution in [0.3, 0.4) is 0 Å². The number of hydrogen-bond acceptors (Lipinski definition) is 2. The zero-order valence-corrected chi connectivity index (χ0v) is 21.3. The second-order valence-corrected chi connectivity index (χ2v) is 9.72. The van der Waals surface area contributed by atoms with E-state index < -0.39 is 0 Å². The van der Waals surface area contributed by atoms with Gasteiger partial charge in [-0.15, -0.1) is 0 Å². The van der Waals surface area contributed by atoms with Crippen LogP contribution in [0, 0.1) is 5.92 Å². The highest BCUT2D eigenvalue weighted by molar-refractivity contribution is 5.99. The van der Waals surface area contributed by atoms with E-state index in [1.165, 1.54) is 16.7 Å². The van der Waals surface area contributed by atoms with E-state index in [0.717, 1.165) is 55.5 Å². The van der Waals surface area contributed by atoms with E-state index >= 15 is 0 Å². The Bertz CT molecular complexity index is 1330. The highest BCUT2D eigenvalue weighted by Gasteiger charge is 2.15. The van der Waals surface area contributed by atoms with Crippen LogP contribution in [0.2, 0.25) is 0 Å². The minimum absolute atomic E-state index is 0.0513. The molecule has 0 aromatic heterocycles. The molecule has 3 nitrogen and oxygen atoms in total. The molecule has 2 unspecified atom stereocenters. The van der Waals surface area contributed by atoms with Gasteiger partial charge in [0.25, 0.3) is 0 Å². The number of benzene rings is 2. The van der Waals surface area contributed by atoms with E-state index in [9.17, 15) is 0 Å².